The summed E-state index contributed by atoms with van der Waals surface area (Å²) in [5.41, 5.74) is -0.343. The third-order valence-corrected chi connectivity index (χ3v) is 3.68. The van der Waals surface area contributed by atoms with Crippen LogP contribution in [-0.4, -0.2) is 16.5 Å². The summed E-state index contributed by atoms with van der Waals surface area (Å²) in [6, 6.07) is 0. The van der Waals surface area contributed by atoms with Gasteiger partial charge in [-0.3, -0.25) is 4.79 Å². The van der Waals surface area contributed by atoms with Crippen LogP contribution in [0, 0.1) is 5.41 Å². The van der Waals surface area contributed by atoms with Crippen LogP contribution in [0.2, 0.25) is 0 Å². The van der Waals surface area contributed by atoms with Crippen LogP contribution in [-0.2, 0) is 9.53 Å². The number of carbonyl (C=O) groups excluding carboxylic acids is 1. The van der Waals surface area contributed by atoms with Gasteiger partial charge >= 0.3 is 5.97 Å². The summed E-state index contributed by atoms with van der Waals surface area (Å²) in [5.74, 6) is -0.0914. The van der Waals surface area contributed by atoms with Crippen molar-refractivity contribution in [3.8, 4) is 0 Å². The summed E-state index contributed by atoms with van der Waals surface area (Å²) in [7, 11) is 0. The van der Waals surface area contributed by atoms with E-state index in [2.05, 4.69) is 22.6 Å². The van der Waals surface area contributed by atoms with Crippen molar-refractivity contribution in [3.63, 3.8) is 0 Å². The molecule has 2 nitrogen and oxygen atoms in total. The second-order valence-corrected chi connectivity index (χ2v) is 4.40. The molecule has 0 aromatic heterocycles. The van der Waals surface area contributed by atoms with Crippen LogP contribution in [0.25, 0.3) is 0 Å². The SMILES string of the molecule is CCC(C)OC(=O)C(C)(C)CI. The first-order valence-electron chi connectivity index (χ1n) is 4.21. The van der Waals surface area contributed by atoms with Gasteiger partial charge in [-0.25, -0.2) is 0 Å². The highest BCUT2D eigenvalue weighted by Gasteiger charge is 2.28. The number of rotatable bonds is 4. The minimum Gasteiger partial charge on any atom is -0.462 e. The van der Waals surface area contributed by atoms with E-state index in [-0.39, 0.29) is 17.5 Å². The maximum absolute atomic E-state index is 11.4. The fourth-order valence-corrected chi connectivity index (χ4v) is 0.792. The third-order valence-electron chi connectivity index (χ3n) is 1.77. The molecule has 0 bridgehead atoms. The van der Waals surface area contributed by atoms with Gasteiger partial charge < -0.3 is 4.74 Å². The molecule has 1 unspecified atom stereocenters. The average Bonchev–Trinajstić information content (AvgIpc) is 2.04. The predicted molar refractivity (Wildman–Crippen MR) is 58.5 cm³/mol. The number of hydrogen-bond acceptors (Lipinski definition) is 2. The van der Waals surface area contributed by atoms with Gasteiger partial charge in [-0.2, -0.15) is 0 Å². The molecule has 0 aromatic carbocycles. The molecule has 0 fully saturated rings. The maximum atomic E-state index is 11.4. The van der Waals surface area contributed by atoms with Crippen LogP contribution < -0.4 is 0 Å². The Kier molecular flexibility index (Phi) is 5.13. The standard InChI is InChI=1S/C9H17IO2/c1-5-7(2)12-8(11)9(3,4)6-10/h7H,5-6H2,1-4H3. The van der Waals surface area contributed by atoms with Gasteiger partial charge in [-0.15, -0.1) is 0 Å². The number of esters is 1. The lowest BCUT2D eigenvalue weighted by Crippen LogP contribution is -2.30. The van der Waals surface area contributed by atoms with Gasteiger partial charge in [-0.1, -0.05) is 29.5 Å². The molecule has 0 amide bonds. The second-order valence-electron chi connectivity index (χ2n) is 3.64. The van der Waals surface area contributed by atoms with Crippen LogP contribution in [0.5, 0.6) is 0 Å². The minimum absolute atomic E-state index is 0.0414. The Labute approximate surface area is 88.2 Å². The lowest BCUT2D eigenvalue weighted by molar-refractivity contribution is -0.157. The summed E-state index contributed by atoms with van der Waals surface area (Å²) in [6.45, 7) is 7.74. The van der Waals surface area contributed by atoms with Gasteiger partial charge in [0.1, 0.15) is 0 Å². The van der Waals surface area contributed by atoms with E-state index in [1.165, 1.54) is 0 Å². The minimum atomic E-state index is -0.343. The van der Waals surface area contributed by atoms with E-state index in [0.717, 1.165) is 10.8 Å². The number of carbonyl (C=O) groups is 1. The van der Waals surface area contributed by atoms with Gasteiger partial charge in [0.2, 0.25) is 0 Å². The van der Waals surface area contributed by atoms with Gasteiger partial charge in [0, 0.05) is 4.43 Å². The van der Waals surface area contributed by atoms with Crippen LogP contribution in [0.3, 0.4) is 0 Å². The zero-order chi connectivity index (χ0) is 9.78. The Morgan fingerprint density at radius 3 is 2.42 bits per heavy atom. The Bertz CT molecular complexity index is 155. The third kappa shape index (κ3) is 3.74. The molecular formula is C9H17IO2. The monoisotopic (exact) mass is 284 g/mol. The van der Waals surface area contributed by atoms with Crippen molar-refractivity contribution in [1.29, 1.82) is 0 Å². The van der Waals surface area contributed by atoms with Crippen LogP contribution in [0.15, 0.2) is 0 Å². The van der Waals surface area contributed by atoms with E-state index in [0.29, 0.717) is 0 Å². The molecule has 1 atom stereocenters. The van der Waals surface area contributed by atoms with Gasteiger partial charge in [-0.05, 0) is 27.2 Å². The Hall–Kier alpha value is 0.200. The first kappa shape index (κ1) is 12.2. The molecule has 0 radical (unpaired) electrons. The molecule has 0 aromatic rings. The molecule has 0 aliphatic heterocycles. The lowest BCUT2D eigenvalue weighted by Gasteiger charge is -2.22. The lowest BCUT2D eigenvalue weighted by atomic mass is 9.97. The van der Waals surface area contributed by atoms with Crippen LogP contribution in [0.4, 0.5) is 0 Å². The molecule has 0 saturated heterocycles. The fraction of sp³-hybridized carbons (Fsp3) is 0.889. The largest absolute Gasteiger partial charge is 0.462 e. The first-order valence-corrected chi connectivity index (χ1v) is 5.73. The molecule has 12 heavy (non-hydrogen) atoms. The summed E-state index contributed by atoms with van der Waals surface area (Å²) in [5, 5.41) is 0. The zero-order valence-corrected chi connectivity index (χ0v) is 10.3. The highest BCUT2D eigenvalue weighted by molar-refractivity contribution is 14.1. The topological polar surface area (TPSA) is 26.3 Å². The smallest absolute Gasteiger partial charge is 0.312 e. The number of ether oxygens (including phenoxy) is 1. The van der Waals surface area contributed by atoms with Crippen molar-refractivity contribution in [2.24, 2.45) is 5.41 Å². The molecule has 3 heteroatoms. The molecule has 0 spiro atoms. The number of alkyl halides is 1. The molecule has 0 saturated carbocycles. The molecule has 0 aliphatic carbocycles. The number of halogens is 1. The summed E-state index contributed by atoms with van der Waals surface area (Å²) >= 11 is 2.20. The predicted octanol–water partition coefficient (Wildman–Crippen LogP) is 2.79. The summed E-state index contributed by atoms with van der Waals surface area (Å²) < 4.78 is 6.00. The van der Waals surface area contributed by atoms with Crippen molar-refractivity contribution < 1.29 is 9.53 Å². The molecule has 0 heterocycles. The van der Waals surface area contributed by atoms with Gasteiger partial charge in [0.05, 0.1) is 11.5 Å². The summed E-state index contributed by atoms with van der Waals surface area (Å²) in [4.78, 5) is 11.4. The maximum Gasteiger partial charge on any atom is 0.312 e. The second kappa shape index (κ2) is 5.04. The van der Waals surface area contributed by atoms with Crippen LogP contribution in [0.1, 0.15) is 34.1 Å². The van der Waals surface area contributed by atoms with E-state index in [1.807, 2.05) is 27.7 Å². The molecule has 0 aliphatic rings. The quantitative estimate of drug-likeness (QED) is 0.451. The molecule has 72 valence electrons. The fourth-order valence-electron chi connectivity index (χ4n) is 0.480. The van der Waals surface area contributed by atoms with Crippen molar-refractivity contribution >= 4 is 28.6 Å². The van der Waals surface area contributed by atoms with E-state index < -0.39 is 0 Å². The van der Waals surface area contributed by atoms with E-state index >= 15 is 0 Å². The Balaban J connectivity index is 4.03. The number of hydrogen-bond donors (Lipinski definition) is 0. The molecule has 0 rings (SSSR count). The average molecular weight is 284 g/mol. The molecular weight excluding hydrogens is 267 g/mol. The van der Waals surface area contributed by atoms with E-state index in [4.69, 9.17) is 4.74 Å². The van der Waals surface area contributed by atoms with Crippen LogP contribution >= 0.6 is 22.6 Å². The Morgan fingerprint density at radius 2 is 2.08 bits per heavy atom. The van der Waals surface area contributed by atoms with Gasteiger partial charge in [0.25, 0.3) is 0 Å². The van der Waals surface area contributed by atoms with Crippen molar-refractivity contribution in [2.45, 2.75) is 40.2 Å². The van der Waals surface area contributed by atoms with Crippen molar-refractivity contribution in [3.05, 3.63) is 0 Å². The van der Waals surface area contributed by atoms with E-state index in [9.17, 15) is 4.79 Å². The van der Waals surface area contributed by atoms with E-state index in [1.54, 1.807) is 0 Å². The van der Waals surface area contributed by atoms with Crippen molar-refractivity contribution in [1.82, 2.24) is 0 Å². The highest BCUT2D eigenvalue weighted by atomic mass is 127. The summed E-state index contributed by atoms with van der Waals surface area (Å²) in [6.07, 6.45) is 0.919. The normalized spacial score (nSPS) is 14.1. The van der Waals surface area contributed by atoms with Gasteiger partial charge in [0.15, 0.2) is 0 Å². The highest BCUT2D eigenvalue weighted by Crippen LogP contribution is 2.21. The first-order chi connectivity index (χ1) is 5.44. The molecule has 0 N–H and O–H groups in total. The Morgan fingerprint density at radius 1 is 1.58 bits per heavy atom. The van der Waals surface area contributed by atoms with Crippen molar-refractivity contribution in [2.75, 3.05) is 4.43 Å². The zero-order valence-electron chi connectivity index (χ0n) is 8.19.